The van der Waals surface area contributed by atoms with Gasteiger partial charge in [0.25, 0.3) is 0 Å². The van der Waals surface area contributed by atoms with E-state index in [1.165, 1.54) is 0 Å². The second kappa shape index (κ2) is 9.03. The second-order valence-corrected chi connectivity index (χ2v) is 8.38. The largest absolute Gasteiger partial charge is 0.340 e. The minimum absolute atomic E-state index is 0.102. The van der Waals surface area contributed by atoms with Gasteiger partial charge in [-0.3, -0.25) is 9.78 Å². The molecule has 1 atom stereocenters. The number of nitrogens with zero attached hydrogens (tertiary/aromatic N) is 2. The number of pyridine rings is 1. The number of nitrogens with two attached hydrogens (primary N) is 1. The zero-order valence-electron chi connectivity index (χ0n) is 16.1. The molecule has 4 nitrogen and oxygen atoms in total. The fraction of sp³-hybridized carbons (Fsp3) is 0.545. The molecule has 1 heterocycles. The van der Waals surface area contributed by atoms with E-state index < -0.39 is 0 Å². The highest BCUT2D eigenvalue weighted by Gasteiger charge is 2.41. The number of rotatable bonds is 6. The Morgan fingerprint density at radius 2 is 2.15 bits per heavy atom. The Morgan fingerprint density at radius 1 is 1.37 bits per heavy atom. The molecule has 0 spiro atoms. The predicted molar refractivity (Wildman–Crippen MR) is 110 cm³/mol. The molecular weight excluding hydrogens is 358 g/mol. The van der Waals surface area contributed by atoms with E-state index in [0.717, 1.165) is 55.8 Å². The van der Waals surface area contributed by atoms with E-state index in [-0.39, 0.29) is 11.3 Å². The lowest BCUT2D eigenvalue weighted by molar-refractivity contribution is -0.132. The highest BCUT2D eigenvalue weighted by molar-refractivity contribution is 6.29. The third kappa shape index (κ3) is 4.80. The molecule has 2 aliphatic carbocycles. The summed E-state index contributed by atoms with van der Waals surface area (Å²) in [5.74, 6) is 0.556. The van der Waals surface area contributed by atoms with Crippen LogP contribution < -0.4 is 5.73 Å². The van der Waals surface area contributed by atoms with Gasteiger partial charge in [0.15, 0.2) is 0 Å². The molecule has 2 aliphatic rings. The summed E-state index contributed by atoms with van der Waals surface area (Å²) >= 11 is 6.28. The van der Waals surface area contributed by atoms with Gasteiger partial charge in [-0.1, -0.05) is 29.8 Å². The first kappa shape index (κ1) is 20.1. The van der Waals surface area contributed by atoms with Gasteiger partial charge in [-0.15, -0.1) is 0 Å². The van der Waals surface area contributed by atoms with Gasteiger partial charge < -0.3 is 10.6 Å². The average molecular weight is 388 g/mol. The van der Waals surface area contributed by atoms with Crippen LogP contribution in [0.5, 0.6) is 0 Å². The van der Waals surface area contributed by atoms with Gasteiger partial charge in [-0.05, 0) is 68.2 Å². The van der Waals surface area contributed by atoms with E-state index >= 15 is 0 Å². The molecule has 0 aromatic carbocycles. The minimum atomic E-state index is 0.102. The fourth-order valence-electron chi connectivity index (χ4n) is 4.65. The Balaban J connectivity index is 1.62. The number of hydrogen-bond acceptors (Lipinski definition) is 3. The number of carbonyl (C=O) groups excluding carboxylic acids is 1. The molecule has 1 unspecified atom stereocenters. The quantitative estimate of drug-likeness (QED) is 0.800. The zero-order chi connectivity index (χ0) is 19.3. The van der Waals surface area contributed by atoms with Crippen molar-refractivity contribution < 1.29 is 4.79 Å². The number of halogens is 1. The average Bonchev–Trinajstić information content (AvgIpc) is 2.69. The number of allylic oxidation sites excluding steroid dienone is 4. The van der Waals surface area contributed by atoms with Gasteiger partial charge in [0.05, 0.1) is 0 Å². The van der Waals surface area contributed by atoms with Crippen LogP contribution in [-0.2, 0) is 11.2 Å². The minimum Gasteiger partial charge on any atom is -0.340 e. The first-order valence-electron chi connectivity index (χ1n) is 9.94. The lowest BCUT2D eigenvalue weighted by Gasteiger charge is -2.47. The Bertz CT molecular complexity index is 693. The molecular formula is C22H30ClN3O. The van der Waals surface area contributed by atoms with E-state index in [1.54, 1.807) is 13.1 Å². The monoisotopic (exact) mass is 387 g/mol. The number of amides is 1. The standard InChI is InChI=1S/C22H30ClN3O/c1-17(27)26(14-10-20-7-2-3-13-25-20)21-8-11-22(16-24,12-9-21)18-5-4-6-19(23)15-18/h2-7,13,18,21H,8-12,14-16,24H2,1H3/t18?,21-,22-. The van der Waals surface area contributed by atoms with Crippen molar-refractivity contribution in [2.75, 3.05) is 13.1 Å². The zero-order valence-corrected chi connectivity index (χ0v) is 16.9. The maximum absolute atomic E-state index is 12.3. The van der Waals surface area contributed by atoms with Crippen molar-refractivity contribution in [1.82, 2.24) is 9.88 Å². The van der Waals surface area contributed by atoms with Gasteiger partial charge in [0, 0.05) is 42.9 Å². The van der Waals surface area contributed by atoms with Gasteiger partial charge in [-0.2, -0.15) is 0 Å². The van der Waals surface area contributed by atoms with Crippen molar-refractivity contribution in [1.29, 1.82) is 0 Å². The summed E-state index contributed by atoms with van der Waals surface area (Å²) < 4.78 is 0. The SMILES string of the molecule is CC(=O)N(CCc1ccccn1)[C@H]1CC[C@](CN)(C2C=CC=C(Cl)C2)CC1. The highest BCUT2D eigenvalue weighted by atomic mass is 35.5. The molecule has 0 saturated heterocycles. The molecule has 1 saturated carbocycles. The van der Waals surface area contributed by atoms with Crippen LogP contribution in [0.2, 0.25) is 0 Å². The summed E-state index contributed by atoms with van der Waals surface area (Å²) in [6.45, 7) is 3.08. The molecule has 27 heavy (non-hydrogen) atoms. The van der Waals surface area contributed by atoms with Crippen molar-refractivity contribution in [3.8, 4) is 0 Å². The van der Waals surface area contributed by atoms with Crippen LogP contribution in [-0.4, -0.2) is 34.9 Å². The van der Waals surface area contributed by atoms with E-state index in [0.29, 0.717) is 18.5 Å². The van der Waals surface area contributed by atoms with E-state index in [1.807, 2.05) is 29.2 Å². The summed E-state index contributed by atoms with van der Waals surface area (Å²) in [7, 11) is 0. The Labute approximate surface area is 167 Å². The van der Waals surface area contributed by atoms with E-state index in [4.69, 9.17) is 17.3 Å². The van der Waals surface area contributed by atoms with Crippen LogP contribution in [0.25, 0.3) is 0 Å². The molecule has 1 aromatic heterocycles. The lowest BCUT2D eigenvalue weighted by atomic mass is 9.63. The maximum atomic E-state index is 12.3. The molecule has 1 aromatic rings. The van der Waals surface area contributed by atoms with E-state index in [2.05, 4.69) is 17.1 Å². The maximum Gasteiger partial charge on any atom is 0.219 e. The molecule has 1 fully saturated rings. The van der Waals surface area contributed by atoms with Crippen molar-refractivity contribution in [2.45, 2.75) is 51.5 Å². The van der Waals surface area contributed by atoms with Crippen LogP contribution in [0.15, 0.2) is 47.7 Å². The number of carbonyl (C=O) groups is 1. The van der Waals surface area contributed by atoms with E-state index in [9.17, 15) is 4.79 Å². The Kier molecular flexibility index (Phi) is 6.72. The lowest BCUT2D eigenvalue weighted by Crippen LogP contribution is -2.48. The molecule has 5 heteroatoms. The molecule has 3 rings (SSSR count). The Hall–Kier alpha value is -1.65. The first-order valence-corrected chi connectivity index (χ1v) is 10.3. The normalized spacial score (nSPS) is 27.9. The van der Waals surface area contributed by atoms with Crippen LogP contribution in [0.3, 0.4) is 0 Å². The summed E-state index contributed by atoms with van der Waals surface area (Å²) in [5, 5.41) is 0.915. The summed E-state index contributed by atoms with van der Waals surface area (Å²) in [5.41, 5.74) is 7.38. The molecule has 0 aliphatic heterocycles. The van der Waals surface area contributed by atoms with Crippen molar-refractivity contribution in [3.63, 3.8) is 0 Å². The smallest absolute Gasteiger partial charge is 0.219 e. The predicted octanol–water partition coefficient (Wildman–Crippen LogP) is 4.06. The van der Waals surface area contributed by atoms with Crippen LogP contribution in [0, 0.1) is 11.3 Å². The fourth-order valence-corrected chi connectivity index (χ4v) is 4.89. The topological polar surface area (TPSA) is 59.2 Å². The summed E-state index contributed by atoms with van der Waals surface area (Å²) in [6, 6.07) is 6.23. The van der Waals surface area contributed by atoms with Gasteiger partial charge >= 0.3 is 0 Å². The van der Waals surface area contributed by atoms with Gasteiger partial charge in [0.1, 0.15) is 0 Å². The number of hydrogen-bond donors (Lipinski definition) is 1. The third-order valence-corrected chi connectivity index (χ3v) is 6.64. The molecule has 2 N–H and O–H groups in total. The highest BCUT2D eigenvalue weighted by Crippen LogP contribution is 2.47. The molecule has 0 radical (unpaired) electrons. The molecule has 0 bridgehead atoms. The molecule has 1 amide bonds. The molecule has 146 valence electrons. The Morgan fingerprint density at radius 3 is 2.74 bits per heavy atom. The number of aromatic nitrogens is 1. The van der Waals surface area contributed by atoms with Crippen molar-refractivity contribution in [2.24, 2.45) is 17.1 Å². The third-order valence-electron chi connectivity index (χ3n) is 6.36. The van der Waals surface area contributed by atoms with Gasteiger partial charge in [-0.25, -0.2) is 0 Å². The summed E-state index contributed by atoms with van der Waals surface area (Å²) in [4.78, 5) is 18.7. The second-order valence-electron chi connectivity index (χ2n) is 7.89. The summed E-state index contributed by atoms with van der Waals surface area (Å²) in [6.07, 6.45) is 13.9. The first-order chi connectivity index (χ1) is 13.0. The van der Waals surface area contributed by atoms with Crippen molar-refractivity contribution in [3.05, 3.63) is 53.4 Å². The van der Waals surface area contributed by atoms with Crippen LogP contribution in [0.1, 0.15) is 44.7 Å². The van der Waals surface area contributed by atoms with Crippen LogP contribution in [0.4, 0.5) is 0 Å². The van der Waals surface area contributed by atoms with Gasteiger partial charge in [0.2, 0.25) is 5.91 Å². The van der Waals surface area contributed by atoms with Crippen molar-refractivity contribution >= 4 is 17.5 Å². The van der Waals surface area contributed by atoms with Crippen LogP contribution >= 0.6 is 11.6 Å².